The van der Waals surface area contributed by atoms with Gasteiger partial charge in [-0.1, -0.05) is 60.7 Å². The normalized spacial score (nSPS) is 15.8. The molecule has 42 heavy (non-hydrogen) atoms. The Hall–Kier alpha value is -4.53. The molecular weight excluding hydrogens is 528 g/mol. The zero-order valence-corrected chi connectivity index (χ0v) is 23.9. The van der Waals surface area contributed by atoms with Crippen LogP contribution < -0.4 is 10.1 Å². The lowest BCUT2D eigenvalue weighted by Crippen LogP contribution is -2.46. The van der Waals surface area contributed by atoms with E-state index in [1.54, 1.807) is 47.6 Å². The molecule has 5 rings (SSSR count). The first-order valence-electron chi connectivity index (χ1n) is 14.2. The highest BCUT2D eigenvalue weighted by molar-refractivity contribution is 6.07. The van der Waals surface area contributed by atoms with Crippen LogP contribution in [0.2, 0.25) is 0 Å². The van der Waals surface area contributed by atoms with Gasteiger partial charge in [-0.3, -0.25) is 19.5 Å². The number of benzene rings is 3. The van der Waals surface area contributed by atoms with Crippen LogP contribution >= 0.6 is 0 Å². The Kier molecular flexibility index (Phi) is 9.26. The number of carbonyl (C=O) groups is 2. The van der Waals surface area contributed by atoms with E-state index < -0.39 is 0 Å². The second-order valence-corrected chi connectivity index (χ2v) is 10.7. The predicted octanol–water partition coefficient (Wildman–Crippen LogP) is 5.11. The Morgan fingerprint density at radius 2 is 1.74 bits per heavy atom. The molecule has 3 aromatic carbocycles. The summed E-state index contributed by atoms with van der Waals surface area (Å²) in [4.78, 5) is 34.5. The van der Waals surface area contributed by atoms with Crippen molar-refractivity contribution in [3.8, 4) is 16.9 Å². The van der Waals surface area contributed by atoms with Gasteiger partial charge in [-0.2, -0.15) is 0 Å². The fourth-order valence-electron chi connectivity index (χ4n) is 5.20. The molecule has 2 unspecified atom stereocenters. The van der Waals surface area contributed by atoms with E-state index in [0.717, 1.165) is 6.54 Å². The van der Waals surface area contributed by atoms with Crippen molar-refractivity contribution >= 4 is 17.5 Å². The minimum absolute atomic E-state index is 0.149. The molecule has 2 N–H and O–H groups in total. The Morgan fingerprint density at radius 1 is 1.02 bits per heavy atom. The van der Waals surface area contributed by atoms with Gasteiger partial charge in [0.15, 0.2) is 5.75 Å². The number of anilines is 1. The fourth-order valence-corrected chi connectivity index (χ4v) is 5.20. The topological polar surface area (TPSA) is 95.0 Å². The molecule has 8 nitrogen and oxygen atoms in total. The molecule has 2 heterocycles. The molecule has 0 aliphatic carbocycles. The highest BCUT2D eigenvalue weighted by Gasteiger charge is 2.31. The van der Waals surface area contributed by atoms with Crippen molar-refractivity contribution in [1.82, 2.24) is 14.8 Å². The van der Waals surface area contributed by atoms with Gasteiger partial charge in [0.05, 0.1) is 23.9 Å². The molecule has 0 radical (unpaired) electrons. The van der Waals surface area contributed by atoms with Gasteiger partial charge in [0.25, 0.3) is 11.8 Å². The maximum absolute atomic E-state index is 13.6. The number of pyridine rings is 1. The number of aromatic nitrogens is 1. The Labute approximate surface area is 246 Å². The van der Waals surface area contributed by atoms with Crippen LogP contribution in [0.4, 0.5) is 5.69 Å². The number of rotatable bonds is 9. The summed E-state index contributed by atoms with van der Waals surface area (Å²) in [5, 5.41) is 12.8. The summed E-state index contributed by atoms with van der Waals surface area (Å²) in [5.41, 5.74) is 4.76. The number of para-hydroxylation sites is 1. The largest absolute Gasteiger partial charge is 0.486 e. The molecule has 0 saturated heterocycles. The quantitative estimate of drug-likeness (QED) is 0.294. The molecule has 2 amide bonds. The van der Waals surface area contributed by atoms with E-state index >= 15 is 0 Å². The lowest BCUT2D eigenvalue weighted by Gasteiger charge is -2.35. The molecule has 1 aliphatic heterocycles. The van der Waals surface area contributed by atoms with E-state index in [1.165, 1.54) is 16.7 Å². The first-order valence-corrected chi connectivity index (χ1v) is 14.2. The second kappa shape index (κ2) is 13.4. The minimum Gasteiger partial charge on any atom is -0.486 e. The van der Waals surface area contributed by atoms with Crippen molar-refractivity contribution < 1.29 is 19.4 Å². The number of amides is 2. The summed E-state index contributed by atoms with van der Waals surface area (Å²) in [5.74, 6) is -0.223. The maximum atomic E-state index is 13.6. The molecule has 0 bridgehead atoms. The zero-order chi connectivity index (χ0) is 29.5. The van der Waals surface area contributed by atoms with Gasteiger partial charge in [-0.15, -0.1) is 0 Å². The average molecular weight is 565 g/mol. The summed E-state index contributed by atoms with van der Waals surface area (Å²) in [6, 6.07) is 26.9. The van der Waals surface area contributed by atoms with Crippen molar-refractivity contribution in [3.63, 3.8) is 0 Å². The number of hydrogen-bond acceptors (Lipinski definition) is 6. The molecule has 1 aromatic heterocycles. The summed E-state index contributed by atoms with van der Waals surface area (Å²) in [6.45, 7) is 3.44. The number of fused-ring (bicyclic) bond motifs is 1. The fraction of sp³-hybridized carbons (Fsp3) is 0.265. The molecule has 4 aromatic rings. The summed E-state index contributed by atoms with van der Waals surface area (Å²) in [6.07, 6.45) is 3.41. The lowest BCUT2D eigenvalue weighted by molar-refractivity contribution is 0.0503. The molecule has 0 fully saturated rings. The van der Waals surface area contributed by atoms with Gasteiger partial charge in [-0.05, 0) is 54.9 Å². The monoisotopic (exact) mass is 564 g/mol. The molecule has 0 saturated carbocycles. The number of ether oxygens (including phenoxy) is 1. The molecule has 216 valence electrons. The Balaban J connectivity index is 1.36. The van der Waals surface area contributed by atoms with Gasteiger partial charge in [0.2, 0.25) is 0 Å². The van der Waals surface area contributed by atoms with Crippen LogP contribution in [-0.4, -0.2) is 70.6 Å². The summed E-state index contributed by atoms with van der Waals surface area (Å²) >= 11 is 0. The van der Waals surface area contributed by atoms with Gasteiger partial charge in [0, 0.05) is 44.0 Å². The number of likely N-dealkylation sites (N-methyl/N-ethyl adjacent to an activating group) is 1. The van der Waals surface area contributed by atoms with Crippen molar-refractivity contribution in [1.29, 1.82) is 0 Å². The van der Waals surface area contributed by atoms with E-state index in [2.05, 4.69) is 51.6 Å². The number of aliphatic hydroxyl groups is 1. The van der Waals surface area contributed by atoms with Crippen LogP contribution in [0.3, 0.4) is 0 Å². The number of nitrogens with zero attached hydrogens (tertiary/aromatic N) is 3. The molecule has 0 spiro atoms. The lowest BCUT2D eigenvalue weighted by atomic mass is 10.0. The van der Waals surface area contributed by atoms with Crippen LogP contribution in [-0.2, 0) is 6.54 Å². The van der Waals surface area contributed by atoms with Crippen molar-refractivity contribution in [3.05, 3.63) is 114 Å². The number of carbonyl (C=O) groups excluding carboxylic acids is 2. The van der Waals surface area contributed by atoms with Crippen molar-refractivity contribution in [2.45, 2.75) is 32.0 Å². The third-order valence-electron chi connectivity index (χ3n) is 7.50. The Bertz CT molecular complexity index is 1500. The third-order valence-corrected chi connectivity index (χ3v) is 7.50. The van der Waals surface area contributed by atoms with Gasteiger partial charge in [-0.25, -0.2) is 0 Å². The van der Waals surface area contributed by atoms with Gasteiger partial charge in [0.1, 0.15) is 6.10 Å². The Morgan fingerprint density at radius 3 is 2.45 bits per heavy atom. The van der Waals surface area contributed by atoms with E-state index in [4.69, 9.17) is 4.74 Å². The summed E-state index contributed by atoms with van der Waals surface area (Å²) in [7, 11) is 2.05. The first kappa shape index (κ1) is 29.0. The van der Waals surface area contributed by atoms with Crippen molar-refractivity contribution in [2.75, 3.05) is 32.1 Å². The van der Waals surface area contributed by atoms with Crippen LogP contribution in [0.25, 0.3) is 11.1 Å². The minimum atomic E-state index is -0.361. The molecule has 1 aliphatic rings. The van der Waals surface area contributed by atoms with E-state index in [1.807, 2.05) is 32.2 Å². The van der Waals surface area contributed by atoms with Gasteiger partial charge >= 0.3 is 0 Å². The molecular formula is C34H36N4O4. The number of nitrogens with one attached hydrogen (secondary N) is 1. The predicted molar refractivity (Wildman–Crippen MR) is 163 cm³/mol. The molecule has 2 atom stereocenters. The summed E-state index contributed by atoms with van der Waals surface area (Å²) < 4.78 is 6.54. The van der Waals surface area contributed by atoms with Crippen LogP contribution in [0.5, 0.6) is 5.75 Å². The van der Waals surface area contributed by atoms with E-state index in [9.17, 15) is 14.7 Å². The first-order chi connectivity index (χ1) is 20.4. The molecule has 8 heteroatoms. The number of hydrogen-bond donors (Lipinski definition) is 2. The highest BCUT2D eigenvalue weighted by atomic mass is 16.5. The third kappa shape index (κ3) is 6.84. The number of aliphatic hydroxyl groups excluding tert-OH is 1. The highest BCUT2D eigenvalue weighted by Crippen LogP contribution is 2.34. The van der Waals surface area contributed by atoms with Crippen LogP contribution in [0.15, 0.2) is 97.3 Å². The maximum Gasteiger partial charge on any atom is 0.258 e. The smallest absolute Gasteiger partial charge is 0.258 e. The van der Waals surface area contributed by atoms with Gasteiger partial charge < -0.3 is 20.1 Å². The second-order valence-electron chi connectivity index (χ2n) is 10.7. The van der Waals surface area contributed by atoms with E-state index in [-0.39, 0.29) is 30.6 Å². The standard InChI is InChI=1S/C34H36N4O4/c1-24(23-39)38-20-17-29(22-37(2)21-25-11-13-27(14-12-25)26-7-4-3-5-8-26)42-32-30(34(38)41)9-6-10-31(32)36-33(40)28-15-18-35-19-16-28/h3-16,18-19,24,29,39H,17,20-23H2,1-2H3,(H,36,40). The average Bonchev–Trinajstić information content (AvgIpc) is 3.02. The van der Waals surface area contributed by atoms with Crippen LogP contribution in [0, 0.1) is 0 Å². The zero-order valence-electron chi connectivity index (χ0n) is 23.9. The van der Waals surface area contributed by atoms with Crippen molar-refractivity contribution in [2.24, 2.45) is 0 Å². The SMILES string of the molecule is CC(CO)N1CCC(CN(C)Cc2ccc(-c3ccccc3)cc2)Oc2c(NC(=O)c3ccncc3)cccc2C1=O. The van der Waals surface area contributed by atoms with E-state index in [0.29, 0.717) is 42.1 Å². The van der Waals surface area contributed by atoms with Crippen LogP contribution in [0.1, 0.15) is 39.6 Å².